The van der Waals surface area contributed by atoms with Crippen molar-refractivity contribution in [2.24, 2.45) is 0 Å². The lowest BCUT2D eigenvalue weighted by molar-refractivity contribution is 0.171. The highest BCUT2D eigenvalue weighted by Gasteiger charge is 2.22. The zero-order valence-corrected chi connectivity index (χ0v) is 10.1. The standard InChI is InChI=1S/C13H17ClN2/c14-11-4-2-10-3-5-12(15-13(10)8-11)9-16-6-1-7-16/h2,4,8,12,15H,1,3,5-7,9H2. The summed E-state index contributed by atoms with van der Waals surface area (Å²) in [6.45, 7) is 3.74. The summed E-state index contributed by atoms with van der Waals surface area (Å²) in [4.78, 5) is 2.52. The van der Waals surface area contributed by atoms with Crippen molar-refractivity contribution in [1.82, 2.24) is 4.90 Å². The van der Waals surface area contributed by atoms with Gasteiger partial charge in [-0.1, -0.05) is 17.7 Å². The fourth-order valence-corrected chi connectivity index (χ4v) is 2.71. The number of nitrogens with one attached hydrogen (secondary N) is 1. The van der Waals surface area contributed by atoms with Crippen LogP contribution in [0.5, 0.6) is 0 Å². The Hall–Kier alpha value is -0.730. The first kappa shape index (κ1) is 10.4. The highest BCUT2D eigenvalue weighted by Crippen LogP contribution is 2.28. The van der Waals surface area contributed by atoms with Crippen molar-refractivity contribution < 1.29 is 0 Å². The first-order valence-corrected chi connectivity index (χ1v) is 6.46. The molecule has 2 aliphatic rings. The Morgan fingerprint density at radius 1 is 1.38 bits per heavy atom. The molecule has 3 rings (SSSR count). The molecule has 1 saturated heterocycles. The maximum atomic E-state index is 6.02. The van der Waals surface area contributed by atoms with Crippen molar-refractivity contribution in [1.29, 1.82) is 0 Å². The van der Waals surface area contributed by atoms with E-state index in [0.29, 0.717) is 6.04 Å². The number of aryl methyl sites for hydroxylation is 1. The van der Waals surface area contributed by atoms with E-state index in [4.69, 9.17) is 11.6 Å². The second-order valence-corrected chi connectivity index (χ2v) is 5.27. The van der Waals surface area contributed by atoms with Gasteiger partial charge in [0.1, 0.15) is 0 Å². The van der Waals surface area contributed by atoms with E-state index in [0.717, 1.165) is 5.02 Å². The van der Waals surface area contributed by atoms with Crippen molar-refractivity contribution >= 4 is 17.3 Å². The van der Waals surface area contributed by atoms with E-state index in [1.165, 1.54) is 50.1 Å². The Morgan fingerprint density at radius 2 is 2.25 bits per heavy atom. The van der Waals surface area contributed by atoms with E-state index < -0.39 is 0 Å². The minimum absolute atomic E-state index is 0.603. The molecule has 2 heterocycles. The van der Waals surface area contributed by atoms with Crippen molar-refractivity contribution in [2.45, 2.75) is 25.3 Å². The summed E-state index contributed by atoms with van der Waals surface area (Å²) in [5.74, 6) is 0. The van der Waals surface area contributed by atoms with E-state index in [2.05, 4.69) is 22.3 Å². The number of hydrogen-bond acceptors (Lipinski definition) is 2. The van der Waals surface area contributed by atoms with Crippen molar-refractivity contribution in [2.75, 3.05) is 25.0 Å². The molecule has 16 heavy (non-hydrogen) atoms. The van der Waals surface area contributed by atoms with E-state index in [-0.39, 0.29) is 0 Å². The molecule has 2 aliphatic heterocycles. The Morgan fingerprint density at radius 3 is 3.00 bits per heavy atom. The number of hydrogen-bond donors (Lipinski definition) is 1. The van der Waals surface area contributed by atoms with Crippen LogP contribution in [0.4, 0.5) is 5.69 Å². The van der Waals surface area contributed by atoms with Gasteiger partial charge in [-0.05, 0) is 50.0 Å². The van der Waals surface area contributed by atoms with Crippen molar-refractivity contribution in [3.05, 3.63) is 28.8 Å². The van der Waals surface area contributed by atoms with Crippen LogP contribution >= 0.6 is 11.6 Å². The molecule has 0 radical (unpaired) electrons. The molecule has 0 spiro atoms. The molecule has 0 aromatic heterocycles. The van der Waals surface area contributed by atoms with Crippen LogP contribution in [0.1, 0.15) is 18.4 Å². The van der Waals surface area contributed by atoms with Crippen LogP contribution in [0, 0.1) is 0 Å². The summed E-state index contributed by atoms with van der Waals surface area (Å²) in [7, 11) is 0. The van der Waals surface area contributed by atoms with Gasteiger partial charge in [0.2, 0.25) is 0 Å². The van der Waals surface area contributed by atoms with Crippen molar-refractivity contribution in [3.8, 4) is 0 Å². The van der Waals surface area contributed by atoms with Crippen LogP contribution in [0.3, 0.4) is 0 Å². The zero-order valence-electron chi connectivity index (χ0n) is 9.38. The van der Waals surface area contributed by atoms with E-state index in [9.17, 15) is 0 Å². The monoisotopic (exact) mass is 236 g/mol. The van der Waals surface area contributed by atoms with Crippen LogP contribution in [0.2, 0.25) is 5.02 Å². The van der Waals surface area contributed by atoms with Gasteiger partial charge in [-0.25, -0.2) is 0 Å². The second-order valence-electron chi connectivity index (χ2n) is 4.84. The maximum Gasteiger partial charge on any atom is 0.0426 e. The minimum Gasteiger partial charge on any atom is -0.381 e. The van der Waals surface area contributed by atoms with Gasteiger partial charge >= 0.3 is 0 Å². The van der Waals surface area contributed by atoms with E-state index in [1.54, 1.807) is 0 Å². The average Bonchev–Trinajstić information content (AvgIpc) is 2.23. The topological polar surface area (TPSA) is 15.3 Å². The summed E-state index contributed by atoms with van der Waals surface area (Å²) in [6, 6.07) is 6.79. The quantitative estimate of drug-likeness (QED) is 0.850. The van der Waals surface area contributed by atoms with E-state index >= 15 is 0 Å². The number of nitrogens with zero attached hydrogens (tertiary/aromatic N) is 1. The lowest BCUT2D eigenvalue weighted by atomic mass is 9.97. The molecule has 3 heteroatoms. The molecule has 0 aliphatic carbocycles. The average molecular weight is 237 g/mol. The van der Waals surface area contributed by atoms with Crippen LogP contribution in [0.25, 0.3) is 0 Å². The number of benzene rings is 1. The number of rotatable bonds is 2. The molecule has 86 valence electrons. The number of fused-ring (bicyclic) bond motifs is 1. The molecule has 0 saturated carbocycles. The van der Waals surface area contributed by atoms with Crippen LogP contribution < -0.4 is 5.32 Å². The Bertz CT molecular complexity index is 388. The van der Waals surface area contributed by atoms with Gasteiger partial charge in [0, 0.05) is 23.3 Å². The first-order valence-electron chi connectivity index (χ1n) is 6.08. The van der Waals surface area contributed by atoms with Gasteiger partial charge in [0.15, 0.2) is 0 Å². The SMILES string of the molecule is Clc1ccc2c(c1)NC(CN1CCC1)CC2. The van der Waals surface area contributed by atoms with Crippen LogP contribution in [0.15, 0.2) is 18.2 Å². The molecule has 1 unspecified atom stereocenters. The number of halogens is 1. The smallest absolute Gasteiger partial charge is 0.0426 e. The predicted octanol–water partition coefficient (Wildman–Crippen LogP) is 2.77. The van der Waals surface area contributed by atoms with Gasteiger partial charge in [0.05, 0.1) is 0 Å². The summed E-state index contributed by atoms with van der Waals surface area (Å²) >= 11 is 6.02. The third-order valence-electron chi connectivity index (χ3n) is 3.62. The van der Waals surface area contributed by atoms with Gasteiger partial charge in [-0.3, -0.25) is 0 Å². The fourth-order valence-electron chi connectivity index (χ4n) is 2.54. The summed E-state index contributed by atoms with van der Waals surface area (Å²) in [5, 5.41) is 4.44. The molecule has 0 amide bonds. The molecule has 2 nitrogen and oxygen atoms in total. The van der Waals surface area contributed by atoms with Crippen molar-refractivity contribution in [3.63, 3.8) is 0 Å². The molecule has 1 aromatic carbocycles. The molecule has 1 fully saturated rings. The maximum absolute atomic E-state index is 6.02. The first-order chi connectivity index (χ1) is 7.81. The molecule has 0 bridgehead atoms. The fraction of sp³-hybridized carbons (Fsp3) is 0.538. The summed E-state index contributed by atoms with van der Waals surface area (Å²) in [6.07, 6.45) is 3.79. The number of anilines is 1. The molecule has 1 aromatic rings. The third kappa shape index (κ3) is 2.04. The third-order valence-corrected chi connectivity index (χ3v) is 3.86. The molecule has 1 atom stereocenters. The minimum atomic E-state index is 0.603. The zero-order chi connectivity index (χ0) is 11.0. The second kappa shape index (κ2) is 4.27. The molecular weight excluding hydrogens is 220 g/mol. The predicted molar refractivity (Wildman–Crippen MR) is 68.2 cm³/mol. The highest BCUT2D eigenvalue weighted by molar-refractivity contribution is 6.30. The molecular formula is C13H17ClN2. The highest BCUT2D eigenvalue weighted by atomic mass is 35.5. The van der Waals surface area contributed by atoms with Gasteiger partial charge in [-0.2, -0.15) is 0 Å². The van der Waals surface area contributed by atoms with Crippen LogP contribution in [-0.2, 0) is 6.42 Å². The van der Waals surface area contributed by atoms with Crippen LogP contribution in [-0.4, -0.2) is 30.6 Å². The Balaban J connectivity index is 1.69. The largest absolute Gasteiger partial charge is 0.381 e. The number of likely N-dealkylation sites (tertiary alicyclic amines) is 1. The lowest BCUT2D eigenvalue weighted by Gasteiger charge is -2.36. The summed E-state index contributed by atoms with van der Waals surface area (Å²) < 4.78 is 0. The molecule has 1 N–H and O–H groups in total. The normalized spacial score (nSPS) is 24.4. The Labute approximate surface area is 102 Å². The lowest BCUT2D eigenvalue weighted by Crippen LogP contribution is -2.45. The van der Waals surface area contributed by atoms with Gasteiger partial charge in [0.25, 0.3) is 0 Å². The van der Waals surface area contributed by atoms with Gasteiger partial charge < -0.3 is 10.2 Å². The Kier molecular flexibility index (Phi) is 2.78. The van der Waals surface area contributed by atoms with E-state index in [1.807, 2.05) is 6.07 Å². The summed E-state index contributed by atoms with van der Waals surface area (Å²) in [5.41, 5.74) is 2.65. The van der Waals surface area contributed by atoms with Gasteiger partial charge in [-0.15, -0.1) is 0 Å².